The first-order chi connectivity index (χ1) is 7.83. The molecule has 0 aliphatic rings. The summed E-state index contributed by atoms with van der Waals surface area (Å²) in [5.41, 5.74) is -0.704. The minimum absolute atomic E-state index is 0.146. The second-order valence-electron chi connectivity index (χ2n) is 4.42. The topological polar surface area (TPSA) is 75.5 Å². The van der Waals surface area contributed by atoms with E-state index in [0.29, 0.717) is 12.4 Å². The lowest BCUT2D eigenvalue weighted by atomic mass is 10.1. The van der Waals surface area contributed by atoms with E-state index in [1.165, 1.54) is 19.5 Å². The van der Waals surface area contributed by atoms with Gasteiger partial charge in [0, 0.05) is 13.6 Å². The van der Waals surface area contributed by atoms with E-state index < -0.39 is 11.6 Å². The van der Waals surface area contributed by atoms with Crippen molar-refractivity contribution in [3.8, 4) is 0 Å². The van der Waals surface area contributed by atoms with E-state index in [1.54, 1.807) is 25.8 Å². The summed E-state index contributed by atoms with van der Waals surface area (Å²) in [6.45, 7) is 3.77. The Bertz CT molecular complexity index is 401. The molecule has 0 aromatic carbocycles. The van der Waals surface area contributed by atoms with Crippen LogP contribution < -0.4 is 4.90 Å². The van der Waals surface area contributed by atoms with Crippen LogP contribution in [0.1, 0.15) is 24.3 Å². The van der Waals surface area contributed by atoms with Gasteiger partial charge < -0.3 is 14.7 Å². The standard InChI is InChI=1S/C11H17N3O3/c1-11(2,16)7-14(3)9-6-12-5-8(13-9)10(15)17-4/h5-6,16H,7H2,1-4H3. The largest absolute Gasteiger partial charge is 0.464 e. The first kappa shape index (κ1) is 13.4. The maximum Gasteiger partial charge on any atom is 0.358 e. The van der Waals surface area contributed by atoms with Gasteiger partial charge in [-0.15, -0.1) is 0 Å². The number of rotatable bonds is 4. The van der Waals surface area contributed by atoms with Crippen LogP contribution in [0, 0.1) is 0 Å². The maximum absolute atomic E-state index is 11.3. The van der Waals surface area contributed by atoms with Gasteiger partial charge in [0.2, 0.25) is 0 Å². The molecule has 6 heteroatoms. The van der Waals surface area contributed by atoms with Crippen LogP contribution in [0.4, 0.5) is 5.82 Å². The summed E-state index contributed by atoms with van der Waals surface area (Å²) in [7, 11) is 3.06. The van der Waals surface area contributed by atoms with Crippen molar-refractivity contribution in [3.63, 3.8) is 0 Å². The van der Waals surface area contributed by atoms with Crippen molar-refractivity contribution in [2.45, 2.75) is 19.4 Å². The molecule has 1 rings (SSSR count). The molecule has 0 aliphatic heterocycles. The van der Waals surface area contributed by atoms with Gasteiger partial charge >= 0.3 is 5.97 Å². The molecule has 0 radical (unpaired) electrons. The Morgan fingerprint density at radius 1 is 1.53 bits per heavy atom. The van der Waals surface area contributed by atoms with Gasteiger partial charge in [-0.2, -0.15) is 0 Å². The monoisotopic (exact) mass is 239 g/mol. The predicted molar refractivity (Wildman–Crippen MR) is 62.9 cm³/mol. The molecule has 1 heterocycles. The molecule has 0 atom stereocenters. The predicted octanol–water partition coefficient (Wildman–Crippen LogP) is 0.470. The third kappa shape index (κ3) is 3.99. The molecular formula is C11H17N3O3. The molecular weight excluding hydrogens is 222 g/mol. The number of aromatic nitrogens is 2. The fraction of sp³-hybridized carbons (Fsp3) is 0.545. The highest BCUT2D eigenvalue weighted by molar-refractivity contribution is 5.87. The van der Waals surface area contributed by atoms with E-state index in [-0.39, 0.29) is 5.69 Å². The first-order valence-corrected chi connectivity index (χ1v) is 5.17. The van der Waals surface area contributed by atoms with E-state index in [4.69, 9.17) is 0 Å². The first-order valence-electron chi connectivity index (χ1n) is 5.17. The number of hydrogen-bond acceptors (Lipinski definition) is 6. The molecule has 6 nitrogen and oxygen atoms in total. The van der Waals surface area contributed by atoms with Gasteiger partial charge in [0.1, 0.15) is 5.82 Å². The lowest BCUT2D eigenvalue weighted by Gasteiger charge is -2.26. The fourth-order valence-corrected chi connectivity index (χ4v) is 1.40. The van der Waals surface area contributed by atoms with E-state index in [2.05, 4.69) is 14.7 Å². The number of anilines is 1. The molecule has 94 valence electrons. The summed E-state index contributed by atoms with van der Waals surface area (Å²) in [6, 6.07) is 0. The molecule has 0 saturated carbocycles. The second-order valence-corrected chi connectivity index (χ2v) is 4.42. The molecule has 0 bridgehead atoms. The Morgan fingerprint density at radius 3 is 2.71 bits per heavy atom. The molecule has 0 spiro atoms. The quantitative estimate of drug-likeness (QED) is 0.770. The molecule has 1 N–H and O–H groups in total. The van der Waals surface area contributed by atoms with Crippen LogP contribution in [0.5, 0.6) is 0 Å². The molecule has 0 unspecified atom stereocenters. The van der Waals surface area contributed by atoms with Gasteiger partial charge in [0.25, 0.3) is 0 Å². The SMILES string of the molecule is COC(=O)c1cncc(N(C)CC(C)(C)O)n1. The summed E-state index contributed by atoms with van der Waals surface area (Å²) in [5, 5.41) is 9.69. The van der Waals surface area contributed by atoms with E-state index in [1.807, 2.05) is 0 Å². The smallest absolute Gasteiger partial charge is 0.358 e. The van der Waals surface area contributed by atoms with Crippen LogP contribution in [0.3, 0.4) is 0 Å². The lowest BCUT2D eigenvalue weighted by Crippen LogP contribution is -2.36. The van der Waals surface area contributed by atoms with Crippen LogP contribution in [-0.4, -0.2) is 47.3 Å². The van der Waals surface area contributed by atoms with Crippen molar-refractivity contribution in [3.05, 3.63) is 18.1 Å². The molecule has 0 saturated heterocycles. The highest BCUT2D eigenvalue weighted by Gasteiger charge is 2.18. The molecule has 0 fully saturated rings. The van der Waals surface area contributed by atoms with Gasteiger partial charge in [-0.05, 0) is 13.8 Å². The highest BCUT2D eigenvalue weighted by Crippen LogP contribution is 2.12. The van der Waals surface area contributed by atoms with Crippen LogP contribution >= 0.6 is 0 Å². The minimum Gasteiger partial charge on any atom is -0.464 e. The summed E-state index contributed by atoms with van der Waals surface area (Å²) < 4.78 is 4.56. The Morgan fingerprint density at radius 2 is 2.18 bits per heavy atom. The molecule has 0 amide bonds. The average Bonchev–Trinajstić information content (AvgIpc) is 2.26. The Hall–Kier alpha value is -1.69. The van der Waals surface area contributed by atoms with Gasteiger partial charge in [-0.1, -0.05) is 0 Å². The number of aliphatic hydroxyl groups is 1. The summed E-state index contributed by atoms with van der Waals surface area (Å²) in [5.74, 6) is -0.0222. The zero-order valence-corrected chi connectivity index (χ0v) is 10.5. The van der Waals surface area contributed by atoms with Crippen molar-refractivity contribution in [1.82, 2.24) is 9.97 Å². The molecule has 17 heavy (non-hydrogen) atoms. The number of hydrogen-bond donors (Lipinski definition) is 1. The third-order valence-electron chi connectivity index (χ3n) is 2.03. The van der Waals surface area contributed by atoms with Gasteiger partial charge in [-0.25, -0.2) is 9.78 Å². The molecule has 1 aromatic rings. The highest BCUT2D eigenvalue weighted by atomic mass is 16.5. The number of ether oxygens (including phenoxy) is 1. The van der Waals surface area contributed by atoms with Crippen LogP contribution in [0.15, 0.2) is 12.4 Å². The summed E-state index contributed by atoms with van der Waals surface area (Å²) in [4.78, 5) is 21.0. The van der Waals surface area contributed by atoms with Crippen molar-refractivity contribution in [2.24, 2.45) is 0 Å². The summed E-state index contributed by atoms with van der Waals surface area (Å²) >= 11 is 0. The fourth-order valence-electron chi connectivity index (χ4n) is 1.40. The van der Waals surface area contributed by atoms with Crippen molar-refractivity contribution in [1.29, 1.82) is 0 Å². The minimum atomic E-state index is -0.850. The lowest BCUT2D eigenvalue weighted by molar-refractivity contribution is 0.0593. The summed E-state index contributed by atoms with van der Waals surface area (Å²) in [6.07, 6.45) is 2.87. The van der Waals surface area contributed by atoms with Gasteiger partial charge in [0.15, 0.2) is 5.69 Å². The van der Waals surface area contributed by atoms with Gasteiger partial charge in [-0.3, -0.25) is 4.98 Å². The zero-order valence-electron chi connectivity index (χ0n) is 10.5. The van der Waals surface area contributed by atoms with E-state index >= 15 is 0 Å². The number of likely N-dealkylation sites (N-methyl/N-ethyl adjacent to an activating group) is 1. The van der Waals surface area contributed by atoms with Crippen LogP contribution in [0.2, 0.25) is 0 Å². The van der Waals surface area contributed by atoms with Crippen molar-refractivity contribution < 1.29 is 14.6 Å². The third-order valence-corrected chi connectivity index (χ3v) is 2.03. The number of nitrogens with zero attached hydrogens (tertiary/aromatic N) is 3. The number of esters is 1. The average molecular weight is 239 g/mol. The van der Waals surface area contributed by atoms with E-state index in [0.717, 1.165) is 0 Å². The van der Waals surface area contributed by atoms with E-state index in [9.17, 15) is 9.90 Å². The Labute approximate surface area is 100 Å². The molecule has 0 aliphatic carbocycles. The Balaban J connectivity index is 2.88. The number of carbonyl (C=O) groups is 1. The number of carbonyl (C=O) groups excluding carboxylic acids is 1. The van der Waals surface area contributed by atoms with Crippen molar-refractivity contribution >= 4 is 11.8 Å². The van der Waals surface area contributed by atoms with Crippen LogP contribution in [0.25, 0.3) is 0 Å². The Kier molecular flexibility index (Phi) is 4.01. The van der Waals surface area contributed by atoms with Crippen LogP contribution in [-0.2, 0) is 4.74 Å². The zero-order chi connectivity index (χ0) is 13.1. The van der Waals surface area contributed by atoms with Gasteiger partial charge in [0.05, 0.1) is 25.1 Å². The maximum atomic E-state index is 11.3. The number of methoxy groups -OCH3 is 1. The molecule has 1 aromatic heterocycles. The normalized spacial score (nSPS) is 11.1. The van der Waals surface area contributed by atoms with Crippen molar-refractivity contribution in [2.75, 3.05) is 25.6 Å². The second kappa shape index (κ2) is 5.09.